The molecule has 2 aliphatic heterocycles. The van der Waals surface area contributed by atoms with Crippen molar-refractivity contribution in [3.05, 3.63) is 17.3 Å². The van der Waals surface area contributed by atoms with Crippen LogP contribution in [0.3, 0.4) is 0 Å². The minimum atomic E-state index is -1.08. The molecule has 8 nitrogen and oxygen atoms in total. The van der Waals surface area contributed by atoms with Gasteiger partial charge in [-0.3, -0.25) is 9.69 Å². The Balaban J connectivity index is 1.49. The van der Waals surface area contributed by atoms with E-state index in [-0.39, 0.29) is 18.1 Å². The third-order valence-corrected chi connectivity index (χ3v) is 7.29. The molecule has 1 aromatic heterocycles. The summed E-state index contributed by atoms with van der Waals surface area (Å²) < 4.78 is 0. The summed E-state index contributed by atoms with van der Waals surface area (Å²) in [4.78, 5) is 34.3. The number of hydrogen-bond acceptors (Lipinski definition) is 5. The number of anilines is 2. The quantitative estimate of drug-likeness (QED) is 0.756. The van der Waals surface area contributed by atoms with Gasteiger partial charge in [-0.25, -0.2) is 9.78 Å². The van der Waals surface area contributed by atoms with Crippen molar-refractivity contribution in [1.82, 2.24) is 9.88 Å². The highest BCUT2D eigenvalue weighted by Gasteiger charge is 2.51. The van der Waals surface area contributed by atoms with Gasteiger partial charge in [0.15, 0.2) is 0 Å². The molecule has 0 unspecified atom stereocenters. The number of likely N-dealkylation sites (tertiary alicyclic amines) is 1. The van der Waals surface area contributed by atoms with Crippen LogP contribution in [-0.4, -0.2) is 70.9 Å². The van der Waals surface area contributed by atoms with Crippen LogP contribution in [0.25, 0.3) is 0 Å². The first-order valence-electron chi connectivity index (χ1n) is 10.7. The van der Waals surface area contributed by atoms with Gasteiger partial charge < -0.3 is 20.0 Å². The van der Waals surface area contributed by atoms with Crippen molar-refractivity contribution in [3.63, 3.8) is 0 Å². The lowest BCUT2D eigenvalue weighted by atomic mass is 9.78. The lowest BCUT2D eigenvalue weighted by molar-refractivity contribution is -0.139. The lowest BCUT2D eigenvalue weighted by Gasteiger charge is -2.41. The maximum Gasteiger partial charge on any atom is 0.411 e. The molecule has 0 aromatic carbocycles. The molecular formula is C21H29ClN4O4. The standard InChI is InChI=1S/C21H29ClN4O4/c1-24(20(29)30)15-11-17(22)18(23-12-15)25-9-2-7-21(13-25)8-10-26(19(21)28)14-3-5-16(27)6-4-14/h11-12,14,16,27H,2-10,13H2,1H3,(H,29,30)/t14-,16-,21-/m0/s1. The summed E-state index contributed by atoms with van der Waals surface area (Å²) in [5, 5.41) is 19.3. The SMILES string of the molecule is CN(C(=O)O)c1cnc(N2CCC[C@]3(CCN([C@H]4CC[C@H](O)CC4)C3=O)C2)c(Cl)c1. The van der Waals surface area contributed by atoms with Gasteiger partial charge in [0.25, 0.3) is 0 Å². The molecule has 3 aliphatic rings. The average Bonchev–Trinajstić information content (AvgIpc) is 3.03. The summed E-state index contributed by atoms with van der Waals surface area (Å²) in [6.07, 6.45) is 6.07. The highest BCUT2D eigenvalue weighted by atomic mass is 35.5. The Morgan fingerprint density at radius 2 is 2.00 bits per heavy atom. The second-order valence-electron chi connectivity index (χ2n) is 8.86. The summed E-state index contributed by atoms with van der Waals surface area (Å²) in [5.41, 5.74) is 0.00105. The number of hydrogen-bond donors (Lipinski definition) is 2. The van der Waals surface area contributed by atoms with Crippen LogP contribution in [0.4, 0.5) is 16.3 Å². The summed E-state index contributed by atoms with van der Waals surface area (Å²) in [6.45, 7) is 2.13. The van der Waals surface area contributed by atoms with Crippen LogP contribution < -0.4 is 9.80 Å². The number of carbonyl (C=O) groups excluding carboxylic acids is 1. The van der Waals surface area contributed by atoms with E-state index in [1.807, 2.05) is 0 Å². The molecule has 4 rings (SSSR count). The second-order valence-corrected chi connectivity index (χ2v) is 9.26. The molecule has 2 N–H and O–H groups in total. The Labute approximate surface area is 181 Å². The van der Waals surface area contributed by atoms with Crippen LogP contribution in [0.1, 0.15) is 44.9 Å². The number of carbonyl (C=O) groups is 2. The number of halogens is 1. The van der Waals surface area contributed by atoms with Crippen molar-refractivity contribution in [3.8, 4) is 0 Å². The van der Waals surface area contributed by atoms with Gasteiger partial charge in [-0.05, 0) is 51.0 Å². The topological polar surface area (TPSA) is 97.2 Å². The predicted octanol–water partition coefficient (Wildman–Crippen LogP) is 2.97. The Morgan fingerprint density at radius 3 is 2.67 bits per heavy atom. The van der Waals surface area contributed by atoms with Crippen molar-refractivity contribution in [1.29, 1.82) is 0 Å². The van der Waals surface area contributed by atoms with Crippen LogP contribution >= 0.6 is 11.6 Å². The highest BCUT2D eigenvalue weighted by Crippen LogP contribution is 2.44. The van der Waals surface area contributed by atoms with Gasteiger partial charge in [-0.15, -0.1) is 0 Å². The monoisotopic (exact) mass is 436 g/mol. The Hall–Kier alpha value is -2.06. The lowest BCUT2D eigenvalue weighted by Crippen LogP contribution is -2.50. The molecule has 30 heavy (non-hydrogen) atoms. The number of carboxylic acid groups (broad SMARTS) is 1. The number of aromatic nitrogens is 1. The van der Waals surface area contributed by atoms with Crippen LogP contribution in [0.5, 0.6) is 0 Å². The van der Waals surface area contributed by atoms with Gasteiger partial charge in [0.1, 0.15) is 5.82 Å². The van der Waals surface area contributed by atoms with E-state index in [1.165, 1.54) is 13.2 Å². The first kappa shape index (κ1) is 21.2. The number of aliphatic hydroxyl groups excluding tert-OH is 1. The van der Waals surface area contributed by atoms with Crippen molar-refractivity contribution >= 4 is 35.1 Å². The predicted molar refractivity (Wildman–Crippen MR) is 114 cm³/mol. The molecule has 2 amide bonds. The fourth-order valence-corrected chi connectivity index (χ4v) is 5.48. The maximum absolute atomic E-state index is 13.5. The number of amides is 2. The molecule has 1 saturated carbocycles. The Morgan fingerprint density at radius 1 is 1.27 bits per heavy atom. The largest absolute Gasteiger partial charge is 0.465 e. The zero-order valence-corrected chi connectivity index (χ0v) is 18.0. The van der Waals surface area contributed by atoms with Gasteiger partial charge in [0.2, 0.25) is 5.91 Å². The fourth-order valence-electron chi connectivity index (χ4n) is 5.20. The van der Waals surface area contributed by atoms with Gasteiger partial charge in [0, 0.05) is 32.7 Å². The molecule has 2 saturated heterocycles. The summed E-state index contributed by atoms with van der Waals surface area (Å²) in [7, 11) is 1.45. The van der Waals surface area contributed by atoms with E-state index in [0.717, 1.165) is 62.9 Å². The highest BCUT2D eigenvalue weighted by molar-refractivity contribution is 6.33. The molecule has 3 heterocycles. The minimum Gasteiger partial charge on any atom is -0.465 e. The van der Waals surface area contributed by atoms with Crippen molar-refractivity contribution < 1.29 is 19.8 Å². The molecule has 1 aliphatic carbocycles. The van der Waals surface area contributed by atoms with Crippen LogP contribution in [0.2, 0.25) is 5.02 Å². The normalized spacial score (nSPS) is 29.5. The van der Waals surface area contributed by atoms with Gasteiger partial charge in [-0.2, -0.15) is 0 Å². The number of aliphatic hydroxyl groups is 1. The van der Waals surface area contributed by atoms with E-state index in [9.17, 15) is 14.7 Å². The maximum atomic E-state index is 13.5. The smallest absolute Gasteiger partial charge is 0.411 e. The van der Waals surface area contributed by atoms with Gasteiger partial charge >= 0.3 is 6.09 Å². The number of piperidine rings is 1. The van der Waals surface area contributed by atoms with Gasteiger partial charge in [-0.1, -0.05) is 11.6 Å². The van der Waals surface area contributed by atoms with Gasteiger partial charge in [0.05, 0.1) is 28.4 Å². The van der Waals surface area contributed by atoms with Crippen LogP contribution in [-0.2, 0) is 4.79 Å². The average molecular weight is 437 g/mol. The molecular weight excluding hydrogens is 408 g/mol. The van der Waals surface area contributed by atoms with E-state index in [2.05, 4.69) is 14.8 Å². The van der Waals surface area contributed by atoms with E-state index < -0.39 is 11.5 Å². The zero-order chi connectivity index (χ0) is 21.5. The molecule has 0 radical (unpaired) electrons. The third-order valence-electron chi connectivity index (χ3n) is 7.01. The first-order valence-corrected chi connectivity index (χ1v) is 11.0. The fraction of sp³-hybridized carbons (Fsp3) is 0.667. The Kier molecular flexibility index (Phi) is 5.81. The second kappa shape index (κ2) is 8.23. The summed E-state index contributed by atoms with van der Waals surface area (Å²) in [6, 6.07) is 1.85. The Bertz CT molecular complexity index is 829. The molecule has 3 fully saturated rings. The van der Waals surface area contributed by atoms with Crippen LogP contribution in [0.15, 0.2) is 12.3 Å². The minimum absolute atomic E-state index is 0.227. The number of pyridine rings is 1. The summed E-state index contributed by atoms with van der Waals surface area (Å²) in [5.74, 6) is 0.831. The van der Waals surface area contributed by atoms with E-state index >= 15 is 0 Å². The number of rotatable bonds is 3. The zero-order valence-electron chi connectivity index (χ0n) is 17.3. The summed E-state index contributed by atoms with van der Waals surface area (Å²) >= 11 is 6.46. The third kappa shape index (κ3) is 3.83. The van der Waals surface area contributed by atoms with E-state index in [0.29, 0.717) is 23.1 Å². The first-order chi connectivity index (χ1) is 14.3. The molecule has 9 heteroatoms. The van der Waals surface area contributed by atoms with Crippen molar-refractivity contribution in [2.45, 2.75) is 57.1 Å². The molecule has 1 spiro atoms. The number of nitrogens with zero attached hydrogens (tertiary/aromatic N) is 4. The van der Waals surface area contributed by atoms with Crippen LogP contribution in [0, 0.1) is 5.41 Å². The molecule has 0 bridgehead atoms. The van der Waals surface area contributed by atoms with E-state index in [1.54, 1.807) is 6.07 Å². The molecule has 164 valence electrons. The van der Waals surface area contributed by atoms with Crippen molar-refractivity contribution in [2.75, 3.05) is 36.5 Å². The molecule has 1 aromatic rings. The van der Waals surface area contributed by atoms with E-state index in [4.69, 9.17) is 16.7 Å². The van der Waals surface area contributed by atoms with Crippen molar-refractivity contribution in [2.24, 2.45) is 5.41 Å². The molecule has 1 atom stereocenters.